The molecule has 1 atom stereocenters. The van der Waals surface area contributed by atoms with Crippen molar-refractivity contribution in [3.63, 3.8) is 0 Å². The molecule has 0 saturated heterocycles. The summed E-state index contributed by atoms with van der Waals surface area (Å²) in [7, 11) is 4.92. The van der Waals surface area contributed by atoms with Crippen molar-refractivity contribution < 1.29 is 23.6 Å². The fraction of sp³-hybridized carbons (Fsp3) is 0.318. The second kappa shape index (κ2) is 7.91. The Morgan fingerprint density at radius 3 is 2.69 bits per heavy atom. The first-order valence-electron chi connectivity index (χ1n) is 9.46. The van der Waals surface area contributed by atoms with Gasteiger partial charge < -0.3 is 14.8 Å². The lowest BCUT2D eigenvalue weighted by Gasteiger charge is -2.21. The molecule has 3 aliphatic rings. The van der Waals surface area contributed by atoms with Crippen molar-refractivity contribution in [3.05, 3.63) is 52.5 Å². The Morgan fingerprint density at radius 2 is 2.00 bits per heavy atom. The molecule has 6 nitrogen and oxygen atoms in total. The number of nitrogens with zero attached hydrogens (tertiary/aromatic N) is 1. The van der Waals surface area contributed by atoms with Crippen molar-refractivity contribution in [2.24, 2.45) is 0 Å². The molecular formula is C22H23N2O4S+. The van der Waals surface area contributed by atoms with Crippen LogP contribution in [0.3, 0.4) is 0 Å². The number of allylic oxidation sites excluding steroid dienone is 1. The summed E-state index contributed by atoms with van der Waals surface area (Å²) in [5, 5.41) is 2.98. The van der Waals surface area contributed by atoms with Gasteiger partial charge in [0.2, 0.25) is 5.71 Å². The smallest absolute Gasteiger partial charge is 0.425 e. The molecule has 1 unspecified atom stereocenters. The van der Waals surface area contributed by atoms with Gasteiger partial charge >= 0.3 is 5.91 Å². The number of nitrogens with one attached hydrogen (secondary N) is 1. The molecule has 1 aromatic carbocycles. The van der Waals surface area contributed by atoms with Gasteiger partial charge in [-0.2, -0.15) is 4.58 Å². The van der Waals surface area contributed by atoms with Gasteiger partial charge in [-0.1, -0.05) is 30.0 Å². The normalized spacial score (nSPS) is 22.3. The molecule has 1 heterocycles. The third-order valence-electron chi connectivity index (χ3n) is 5.08. The largest absolute Gasteiger partial charge is 0.493 e. The fourth-order valence-electron chi connectivity index (χ4n) is 3.26. The minimum absolute atomic E-state index is 0.0124. The van der Waals surface area contributed by atoms with Gasteiger partial charge in [0, 0.05) is 17.7 Å². The number of carbonyl (C=O) groups excluding carboxylic acids is 2. The Kier molecular flexibility index (Phi) is 5.32. The Labute approximate surface area is 174 Å². The first-order valence-corrected chi connectivity index (χ1v) is 10.3. The zero-order chi connectivity index (χ0) is 20.5. The van der Waals surface area contributed by atoms with Crippen molar-refractivity contribution in [2.75, 3.05) is 21.3 Å². The molecule has 1 fully saturated rings. The highest BCUT2D eigenvalue weighted by Crippen LogP contribution is 2.35. The van der Waals surface area contributed by atoms with Crippen molar-refractivity contribution in [1.29, 1.82) is 0 Å². The summed E-state index contributed by atoms with van der Waals surface area (Å²) in [5.74, 6) is 1.08. The average Bonchev–Trinajstić information content (AvgIpc) is 3.55. The molecule has 0 spiro atoms. The van der Waals surface area contributed by atoms with Gasteiger partial charge in [-0.15, -0.1) is 0 Å². The van der Waals surface area contributed by atoms with E-state index in [4.69, 9.17) is 9.47 Å². The van der Waals surface area contributed by atoms with Gasteiger partial charge in [-0.3, -0.25) is 4.79 Å². The summed E-state index contributed by atoms with van der Waals surface area (Å²) < 4.78 is 12.2. The molecule has 7 heteroatoms. The molecule has 1 N–H and O–H groups in total. The molecule has 2 aliphatic carbocycles. The van der Waals surface area contributed by atoms with E-state index in [2.05, 4.69) is 5.32 Å². The maximum Gasteiger partial charge on any atom is 0.425 e. The highest BCUT2D eigenvalue weighted by Gasteiger charge is 2.38. The number of hydrogen-bond acceptors (Lipinski definition) is 5. The van der Waals surface area contributed by atoms with Crippen LogP contribution in [0, 0.1) is 0 Å². The zero-order valence-corrected chi connectivity index (χ0v) is 17.4. The average molecular weight is 412 g/mol. The fourth-order valence-corrected chi connectivity index (χ4v) is 4.48. The number of rotatable bonds is 5. The molecule has 0 aromatic heterocycles. The van der Waals surface area contributed by atoms with Crippen LogP contribution in [0.5, 0.6) is 11.5 Å². The number of thioether (sulfide) groups is 1. The van der Waals surface area contributed by atoms with Crippen LogP contribution in [-0.4, -0.2) is 54.7 Å². The van der Waals surface area contributed by atoms with Crippen LogP contribution < -0.4 is 14.8 Å². The molecule has 0 radical (unpaired) electrons. The lowest BCUT2D eigenvalue weighted by Crippen LogP contribution is -2.37. The molecule has 29 heavy (non-hydrogen) atoms. The van der Waals surface area contributed by atoms with E-state index in [-0.39, 0.29) is 17.1 Å². The van der Waals surface area contributed by atoms with E-state index >= 15 is 0 Å². The van der Waals surface area contributed by atoms with Gasteiger partial charge in [-0.25, -0.2) is 4.79 Å². The number of methoxy groups -OCH3 is 2. The molecule has 1 saturated carbocycles. The number of carbonyl (C=O) groups is 2. The maximum atomic E-state index is 12.9. The van der Waals surface area contributed by atoms with E-state index in [1.165, 1.54) is 11.8 Å². The summed E-state index contributed by atoms with van der Waals surface area (Å²) >= 11 is 1.48. The van der Waals surface area contributed by atoms with Crippen molar-refractivity contribution in [2.45, 2.75) is 24.1 Å². The molecule has 1 aromatic rings. The van der Waals surface area contributed by atoms with Gasteiger partial charge in [0.1, 0.15) is 17.2 Å². The Morgan fingerprint density at radius 1 is 1.24 bits per heavy atom. The first-order chi connectivity index (χ1) is 14.0. The van der Waals surface area contributed by atoms with Crippen LogP contribution in [0.15, 0.2) is 46.9 Å². The Balaban J connectivity index is 1.61. The molecule has 0 bridgehead atoms. The second-order valence-electron chi connectivity index (χ2n) is 7.16. The molecule has 1 aliphatic heterocycles. The van der Waals surface area contributed by atoms with E-state index in [0.717, 1.165) is 24.1 Å². The van der Waals surface area contributed by atoms with E-state index in [1.807, 2.05) is 42.5 Å². The minimum Gasteiger partial charge on any atom is -0.493 e. The van der Waals surface area contributed by atoms with E-state index in [9.17, 15) is 9.59 Å². The van der Waals surface area contributed by atoms with E-state index in [0.29, 0.717) is 28.0 Å². The summed E-state index contributed by atoms with van der Waals surface area (Å²) in [4.78, 5) is 25.9. The number of ether oxygens (including phenoxy) is 2. The highest BCUT2D eigenvalue weighted by molar-refractivity contribution is 8.05. The van der Waals surface area contributed by atoms with Gasteiger partial charge in [-0.05, 0) is 36.6 Å². The van der Waals surface area contributed by atoms with Gasteiger partial charge in [0.15, 0.2) is 11.5 Å². The lowest BCUT2D eigenvalue weighted by atomic mass is 10.0. The van der Waals surface area contributed by atoms with E-state index in [1.54, 1.807) is 25.8 Å². The Bertz CT molecular complexity index is 1000. The summed E-state index contributed by atoms with van der Waals surface area (Å²) in [5.41, 5.74) is 2.28. The molecule has 2 amide bonds. The Hall–Kier alpha value is -2.80. The third-order valence-corrected chi connectivity index (χ3v) is 6.28. The van der Waals surface area contributed by atoms with Crippen LogP contribution in [0.1, 0.15) is 18.4 Å². The predicted octanol–water partition coefficient (Wildman–Crippen LogP) is 2.54. The van der Waals surface area contributed by atoms with Crippen LogP contribution in [0.4, 0.5) is 0 Å². The van der Waals surface area contributed by atoms with Gasteiger partial charge in [0.05, 0.1) is 14.2 Å². The number of benzene rings is 1. The first kappa shape index (κ1) is 19.5. The van der Waals surface area contributed by atoms with Crippen molar-refractivity contribution in [1.82, 2.24) is 5.32 Å². The van der Waals surface area contributed by atoms with Crippen molar-refractivity contribution in [3.8, 4) is 11.5 Å². The molecule has 4 rings (SSSR count). The summed E-state index contributed by atoms with van der Waals surface area (Å²) in [6.07, 6.45) is 9.58. The topological polar surface area (TPSA) is 67.6 Å². The highest BCUT2D eigenvalue weighted by atomic mass is 32.2. The molecular weight excluding hydrogens is 388 g/mol. The lowest BCUT2D eigenvalue weighted by molar-refractivity contribution is -0.413. The van der Waals surface area contributed by atoms with Crippen LogP contribution in [0.2, 0.25) is 0 Å². The third kappa shape index (κ3) is 4.00. The number of hydrogen-bond donors (Lipinski definition) is 1. The van der Waals surface area contributed by atoms with Crippen molar-refractivity contribution >= 4 is 35.4 Å². The van der Waals surface area contributed by atoms with Crippen LogP contribution in [0.25, 0.3) is 6.08 Å². The number of likely N-dealkylation sites (N-methyl/N-ethyl adjacent to an activating group) is 1. The van der Waals surface area contributed by atoms with Crippen LogP contribution in [-0.2, 0) is 9.59 Å². The summed E-state index contributed by atoms with van der Waals surface area (Å²) in [6.45, 7) is 0. The monoisotopic (exact) mass is 411 g/mol. The predicted molar refractivity (Wildman–Crippen MR) is 113 cm³/mol. The quantitative estimate of drug-likeness (QED) is 0.596. The number of amides is 2. The second-order valence-corrected chi connectivity index (χ2v) is 8.34. The van der Waals surface area contributed by atoms with Gasteiger partial charge in [0.25, 0.3) is 5.91 Å². The standard InChI is InChI=1S/C22H22N2O4S/c1-24-16-12-14(21(25)23-15-6-7-15)5-9-19(16)29-20(22(24)26)11-13-4-8-17(27-2)18(10-13)28-3/h4-5,8-12,15,19H,6-7H2,1-3H3/p+1/b20-11-. The minimum atomic E-state index is -0.0930. The zero-order valence-electron chi connectivity index (χ0n) is 16.6. The van der Waals surface area contributed by atoms with Crippen LogP contribution >= 0.6 is 11.8 Å². The van der Waals surface area contributed by atoms with E-state index < -0.39 is 0 Å². The summed E-state index contributed by atoms with van der Waals surface area (Å²) in [6, 6.07) is 5.85. The molecule has 150 valence electrons. The SMILES string of the molecule is COc1ccc(/C=C2\SC3C=CC(C(=O)NC4CC4)=CC3=[N+](C)C2=O)cc1OC. The number of fused-ring (bicyclic) bond motifs is 1. The maximum absolute atomic E-state index is 12.9.